The molecule has 20 heavy (non-hydrogen) atoms. The van der Waals surface area contributed by atoms with Crippen LogP contribution in [0.4, 0.5) is 0 Å². The Bertz CT molecular complexity index is 592. The van der Waals surface area contributed by atoms with Crippen molar-refractivity contribution in [2.45, 2.75) is 36.3 Å². The van der Waals surface area contributed by atoms with Crippen LogP contribution in [0.5, 0.6) is 5.75 Å². The molecule has 104 valence electrons. The van der Waals surface area contributed by atoms with Crippen molar-refractivity contribution < 1.29 is 4.74 Å². The average Bonchev–Trinajstić information content (AvgIpc) is 2.53. The van der Waals surface area contributed by atoms with Gasteiger partial charge < -0.3 is 4.74 Å². The molecule has 0 saturated carbocycles. The van der Waals surface area contributed by atoms with Crippen molar-refractivity contribution in [3.8, 4) is 5.75 Å². The van der Waals surface area contributed by atoms with Gasteiger partial charge in [0.25, 0.3) is 0 Å². The Balaban J connectivity index is 1.75. The maximum absolute atomic E-state index is 5.29. The zero-order valence-electron chi connectivity index (χ0n) is 11.9. The Kier molecular flexibility index (Phi) is 4.31. The zero-order valence-corrected chi connectivity index (χ0v) is 12.7. The maximum atomic E-state index is 5.29. The minimum atomic E-state index is 0.943. The molecule has 0 amide bonds. The van der Waals surface area contributed by atoms with Crippen molar-refractivity contribution in [1.82, 2.24) is 0 Å². The van der Waals surface area contributed by atoms with E-state index < -0.39 is 0 Å². The minimum Gasteiger partial charge on any atom is -0.497 e. The Morgan fingerprint density at radius 1 is 1.05 bits per heavy atom. The predicted octanol–water partition coefficient (Wildman–Crippen LogP) is 4.87. The number of thioether (sulfide) groups is 1. The molecule has 2 aromatic rings. The summed E-state index contributed by atoms with van der Waals surface area (Å²) in [7, 11) is 1.72. The smallest absolute Gasteiger partial charge is 0.119 e. The lowest BCUT2D eigenvalue weighted by atomic mass is 9.92. The highest BCUT2D eigenvalue weighted by Crippen LogP contribution is 2.33. The lowest BCUT2D eigenvalue weighted by Crippen LogP contribution is -2.03. The molecular weight excluding hydrogens is 264 g/mol. The summed E-state index contributed by atoms with van der Waals surface area (Å²) in [5, 5.41) is 0. The molecule has 1 aliphatic rings. The standard InChI is InChI=1S/C18H20OS/c1-19-16-9-4-6-14(12-16)13-20-18-11-5-8-15-7-2-3-10-17(15)18/h4-6,8-9,11-12H,2-3,7,10,13H2,1H3. The van der Waals surface area contributed by atoms with Gasteiger partial charge in [-0.15, -0.1) is 11.8 Å². The fourth-order valence-corrected chi connectivity index (χ4v) is 3.89. The summed E-state index contributed by atoms with van der Waals surface area (Å²) in [6, 6.07) is 15.1. The molecule has 2 heteroatoms. The molecule has 0 fully saturated rings. The number of aryl methyl sites for hydroxylation is 1. The molecule has 0 spiro atoms. The van der Waals surface area contributed by atoms with Gasteiger partial charge in [-0.2, -0.15) is 0 Å². The topological polar surface area (TPSA) is 9.23 Å². The number of benzene rings is 2. The third-order valence-corrected chi connectivity index (χ3v) is 5.05. The minimum absolute atomic E-state index is 0.943. The van der Waals surface area contributed by atoms with Crippen LogP contribution in [-0.2, 0) is 18.6 Å². The largest absolute Gasteiger partial charge is 0.497 e. The molecule has 2 aromatic carbocycles. The molecule has 0 radical (unpaired) electrons. The van der Waals surface area contributed by atoms with Gasteiger partial charge in [0, 0.05) is 10.6 Å². The molecule has 0 atom stereocenters. The van der Waals surface area contributed by atoms with Gasteiger partial charge in [0.05, 0.1) is 7.11 Å². The molecule has 0 unspecified atom stereocenters. The van der Waals surface area contributed by atoms with Crippen LogP contribution in [0.3, 0.4) is 0 Å². The van der Waals surface area contributed by atoms with Gasteiger partial charge in [-0.25, -0.2) is 0 Å². The summed E-state index contributed by atoms with van der Waals surface area (Å²) in [5.41, 5.74) is 4.47. The first kappa shape index (κ1) is 13.6. The number of fused-ring (bicyclic) bond motifs is 1. The van der Waals surface area contributed by atoms with Crippen molar-refractivity contribution in [2.75, 3.05) is 7.11 Å². The van der Waals surface area contributed by atoms with Gasteiger partial charge in [0.2, 0.25) is 0 Å². The predicted molar refractivity (Wildman–Crippen MR) is 85.6 cm³/mol. The number of hydrogen-bond acceptors (Lipinski definition) is 2. The summed E-state index contributed by atoms with van der Waals surface area (Å²) in [6.07, 6.45) is 5.18. The van der Waals surface area contributed by atoms with E-state index in [9.17, 15) is 0 Å². The molecular formula is C18H20OS. The van der Waals surface area contributed by atoms with Gasteiger partial charge in [-0.05, 0) is 60.6 Å². The fourth-order valence-electron chi connectivity index (χ4n) is 2.80. The van der Waals surface area contributed by atoms with Crippen molar-refractivity contribution in [2.24, 2.45) is 0 Å². The normalized spacial score (nSPS) is 13.8. The van der Waals surface area contributed by atoms with Crippen LogP contribution in [0.2, 0.25) is 0 Å². The van der Waals surface area contributed by atoms with Crippen LogP contribution in [0.25, 0.3) is 0 Å². The van der Waals surface area contributed by atoms with E-state index in [4.69, 9.17) is 4.74 Å². The molecule has 0 N–H and O–H groups in total. The number of methoxy groups -OCH3 is 1. The van der Waals surface area contributed by atoms with Crippen LogP contribution in [0.1, 0.15) is 29.5 Å². The Morgan fingerprint density at radius 3 is 2.80 bits per heavy atom. The highest BCUT2D eigenvalue weighted by molar-refractivity contribution is 7.98. The molecule has 1 nitrogen and oxygen atoms in total. The van der Waals surface area contributed by atoms with Crippen molar-refractivity contribution in [3.63, 3.8) is 0 Å². The van der Waals surface area contributed by atoms with E-state index in [1.807, 2.05) is 17.8 Å². The second kappa shape index (κ2) is 6.36. The van der Waals surface area contributed by atoms with E-state index in [-0.39, 0.29) is 0 Å². The molecule has 1 aliphatic carbocycles. The van der Waals surface area contributed by atoms with Gasteiger partial charge in [0.15, 0.2) is 0 Å². The fraction of sp³-hybridized carbons (Fsp3) is 0.333. The van der Waals surface area contributed by atoms with E-state index >= 15 is 0 Å². The van der Waals surface area contributed by atoms with Gasteiger partial charge >= 0.3 is 0 Å². The first-order valence-corrected chi connectivity index (χ1v) is 8.22. The van der Waals surface area contributed by atoms with E-state index in [2.05, 4.69) is 36.4 Å². The summed E-state index contributed by atoms with van der Waals surface area (Å²) < 4.78 is 5.29. The molecule has 0 aliphatic heterocycles. The number of rotatable bonds is 4. The van der Waals surface area contributed by atoms with Gasteiger partial charge in [0.1, 0.15) is 5.75 Å². The summed E-state index contributed by atoms with van der Waals surface area (Å²) in [6.45, 7) is 0. The van der Waals surface area contributed by atoms with Crippen molar-refractivity contribution in [3.05, 3.63) is 59.2 Å². The Morgan fingerprint density at radius 2 is 1.90 bits per heavy atom. The van der Waals surface area contributed by atoms with Gasteiger partial charge in [-0.1, -0.05) is 24.3 Å². The summed E-state index contributed by atoms with van der Waals surface area (Å²) >= 11 is 1.95. The Hall–Kier alpha value is -1.41. The highest BCUT2D eigenvalue weighted by Gasteiger charge is 2.13. The Labute approximate surface area is 125 Å². The summed E-state index contributed by atoms with van der Waals surface area (Å²) in [4.78, 5) is 1.46. The lowest BCUT2D eigenvalue weighted by molar-refractivity contribution is 0.414. The second-order valence-electron chi connectivity index (χ2n) is 5.24. The van der Waals surface area contributed by atoms with E-state index in [0.717, 1.165) is 11.5 Å². The maximum Gasteiger partial charge on any atom is 0.119 e. The number of hydrogen-bond donors (Lipinski definition) is 0. The third kappa shape index (κ3) is 3.01. The zero-order chi connectivity index (χ0) is 13.8. The van der Waals surface area contributed by atoms with Crippen LogP contribution in [-0.4, -0.2) is 7.11 Å². The van der Waals surface area contributed by atoms with Crippen molar-refractivity contribution in [1.29, 1.82) is 0 Å². The molecule has 0 aromatic heterocycles. The van der Waals surface area contributed by atoms with E-state index in [1.54, 1.807) is 18.2 Å². The van der Waals surface area contributed by atoms with Crippen LogP contribution in [0.15, 0.2) is 47.4 Å². The molecule has 0 saturated heterocycles. The SMILES string of the molecule is COc1cccc(CSc2cccc3c2CCCC3)c1. The average molecular weight is 284 g/mol. The van der Waals surface area contributed by atoms with Gasteiger partial charge in [-0.3, -0.25) is 0 Å². The third-order valence-electron chi connectivity index (χ3n) is 3.88. The second-order valence-corrected chi connectivity index (χ2v) is 6.26. The first-order valence-electron chi connectivity index (χ1n) is 7.23. The van der Waals surface area contributed by atoms with Crippen molar-refractivity contribution >= 4 is 11.8 Å². The van der Waals surface area contributed by atoms with E-state index in [1.165, 1.54) is 36.1 Å². The van der Waals surface area contributed by atoms with Crippen LogP contribution in [0, 0.1) is 0 Å². The van der Waals surface area contributed by atoms with Crippen LogP contribution < -0.4 is 4.74 Å². The monoisotopic (exact) mass is 284 g/mol. The quantitative estimate of drug-likeness (QED) is 0.741. The highest BCUT2D eigenvalue weighted by atomic mass is 32.2. The summed E-state index contributed by atoms with van der Waals surface area (Å²) in [5.74, 6) is 1.95. The number of ether oxygens (including phenoxy) is 1. The molecule has 0 heterocycles. The lowest BCUT2D eigenvalue weighted by Gasteiger charge is -2.19. The van der Waals surface area contributed by atoms with Crippen LogP contribution >= 0.6 is 11.8 Å². The first-order chi connectivity index (χ1) is 9.86. The van der Waals surface area contributed by atoms with E-state index in [0.29, 0.717) is 0 Å². The molecule has 3 rings (SSSR count). The molecule has 0 bridgehead atoms.